The number of likely N-dealkylation sites (tertiary alicyclic amines) is 1. The first-order valence-corrected chi connectivity index (χ1v) is 7.46. The minimum atomic E-state index is -0.516. The lowest BCUT2D eigenvalue weighted by molar-refractivity contribution is 0.0597. The van der Waals surface area contributed by atoms with Gasteiger partial charge in [-0.3, -0.25) is 4.79 Å². The minimum Gasteiger partial charge on any atom is -0.497 e. The Bertz CT molecular complexity index is 493. The molecule has 1 aliphatic rings. The molecule has 21 heavy (non-hydrogen) atoms. The number of benzene rings is 1. The maximum Gasteiger partial charge on any atom is 0.257 e. The monoisotopic (exact) mass is 294 g/mol. The second-order valence-electron chi connectivity index (χ2n) is 5.39. The van der Waals surface area contributed by atoms with Crippen LogP contribution in [0.25, 0.3) is 0 Å². The second-order valence-corrected chi connectivity index (χ2v) is 5.39. The number of hydrogen-bond donors (Lipinski definition) is 1. The standard InChI is InChI=1S/C16H23FN2O2/c1-18-9-8-12-5-3-4-10-19(12)16(20)14-7-6-13(21-2)11-15(14)17/h6-7,11-12,18H,3-5,8-10H2,1-2H3. The van der Waals surface area contributed by atoms with E-state index >= 15 is 0 Å². The third kappa shape index (κ3) is 3.73. The molecule has 1 aliphatic heterocycles. The van der Waals surface area contributed by atoms with Gasteiger partial charge in [0.2, 0.25) is 0 Å². The Balaban J connectivity index is 2.16. The molecule has 1 amide bonds. The summed E-state index contributed by atoms with van der Waals surface area (Å²) in [6.07, 6.45) is 4.01. The summed E-state index contributed by atoms with van der Waals surface area (Å²) in [5.74, 6) is -0.303. The van der Waals surface area contributed by atoms with Crippen LogP contribution in [0.2, 0.25) is 0 Å². The molecule has 1 heterocycles. The predicted octanol–water partition coefficient (Wildman–Crippen LogP) is 2.44. The van der Waals surface area contributed by atoms with Crippen molar-refractivity contribution in [1.82, 2.24) is 10.2 Å². The highest BCUT2D eigenvalue weighted by Crippen LogP contribution is 2.24. The zero-order valence-electron chi connectivity index (χ0n) is 12.7. The summed E-state index contributed by atoms with van der Waals surface area (Å²) >= 11 is 0. The van der Waals surface area contributed by atoms with Gasteiger partial charge in [-0.25, -0.2) is 4.39 Å². The topological polar surface area (TPSA) is 41.6 Å². The van der Waals surface area contributed by atoms with Crippen LogP contribution < -0.4 is 10.1 Å². The van der Waals surface area contributed by atoms with Crippen LogP contribution in [0, 0.1) is 5.82 Å². The van der Waals surface area contributed by atoms with Crippen LogP contribution in [0.1, 0.15) is 36.0 Å². The molecule has 0 radical (unpaired) electrons. The molecule has 1 aromatic rings. The van der Waals surface area contributed by atoms with E-state index < -0.39 is 5.82 Å². The molecule has 1 fully saturated rings. The van der Waals surface area contributed by atoms with Crippen LogP contribution in [-0.4, -0.2) is 44.1 Å². The van der Waals surface area contributed by atoms with Crippen molar-refractivity contribution >= 4 is 5.91 Å². The van der Waals surface area contributed by atoms with Gasteiger partial charge in [-0.2, -0.15) is 0 Å². The van der Waals surface area contributed by atoms with E-state index in [9.17, 15) is 9.18 Å². The maximum atomic E-state index is 14.1. The van der Waals surface area contributed by atoms with E-state index in [2.05, 4.69) is 5.32 Å². The van der Waals surface area contributed by atoms with Gasteiger partial charge in [-0.1, -0.05) is 0 Å². The van der Waals surface area contributed by atoms with Crippen LogP contribution in [0.5, 0.6) is 5.75 Å². The summed E-state index contributed by atoms with van der Waals surface area (Å²) in [5, 5.41) is 3.11. The lowest BCUT2D eigenvalue weighted by Crippen LogP contribution is -2.45. The fourth-order valence-corrected chi connectivity index (χ4v) is 2.83. The van der Waals surface area contributed by atoms with Gasteiger partial charge in [0.1, 0.15) is 11.6 Å². The van der Waals surface area contributed by atoms with Gasteiger partial charge in [0.15, 0.2) is 0 Å². The number of piperidine rings is 1. The molecule has 2 rings (SSSR count). The highest BCUT2D eigenvalue weighted by molar-refractivity contribution is 5.95. The van der Waals surface area contributed by atoms with E-state index in [1.165, 1.54) is 19.2 Å². The average molecular weight is 294 g/mol. The number of methoxy groups -OCH3 is 1. The van der Waals surface area contributed by atoms with E-state index in [0.717, 1.165) is 32.2 Å². The van der Waals surface area contributed by atoms with Gasteiger partial charge in [0, 0.05) is 18.7 Å². The number of nitrogens with zero attached hydrogens (tertiary/aromatic N) is 1. The first kappa shape index (κ1) is 15.8. The van der Waals surface area contributed by atoms with Gasteiger partial charge in [-0.15, -0.1) is 0 Å². The van der Waals surface area contributed by atoms with Crippen LogP contribution in [0.15, 0.2) is 18.2 Å². The fourth-order valence-electron chi connectivity index (χ4n) is 2.83. The first-order valence-electron chi connectivity index (χ1n) is 7.46. The van der Waals surface area contributed by atoms with Crippen molar-refractivity contribution in [2.75, 3.05) is 27.2 Å². The Hall–Kier alpha value is -1.62. The Morgan fingerprint density at radius 1 is 1.48 bits per heavy atom. The van der Waals surface area contributed by atoms with Gasteiger partial charge in [0.05, 0.1) is 12.7 Å². The van der Waals surface area contributed by atoms with E-state index in [0.29, 0.717) is 12.3 Å². The van der Waals surface area contributed by atoms with E-state index in [1.54, 1.807) is 6.07 Å². The van der Waals surface area contributed by atoms with E-state index in [-0.39, 0.29) is 17.5 Å². The molecule has 1 unspecified atom stereocenters. The van der Waals surface area contributed by atoms with Crippen molar-refractivity contribution in [3.05, 3.63) is 29.6 Å². The normalized spacial score (nSPS) is 18.6. The minimum absolute atomic E-state index is 0.132. The molecule has 1 N–H and O–H groups in total. The lowest BCUT2D eigenvalue weighted by atomic mass is 9.98. The highest BCUT2D eigenvalue weighted by atomic mass is 19.1. The largest absolute Gasteiger partial charge is 0.497 e. The first-order chi connectivity index (χ1) is 10.2. The number of hydrogen-bond acceptors (Lipinski definition) is 3. The van der Waals surface area contributed by atoms with Gasteiger partial charge >= 0.3 is 0 Å². The zero-order chi connectivity index (χ0) is 15.2. The SMILES string of the molecule is CNCCC1CCCCN1C(=O)c1ccc(OC)cc1F. The molecular formula is C16H23FN2O2. The average Bonchev–Trinajstić information content (AvgIpc) is 2.52. The van der Waals surface area contributed by atoms with Crippen molar-refractivity contribution in [3.8, 4) is 5.75 Å². The number of amides is 1. The van der Waals surface area contributed by atoms with Crippen LogP contribution in [0.3, 0.4) is 0 Å². The highest BCUT2D eigenvalue weighted by Gasteiger charge is 2.28. The van der Waals surface area contributed by atoms with Gasteiger partial charge in [0.25, 0.3) is 5.91 Å². The Morgan fingerprint density at radius 2 is 2.29 bits per heavy atom. The molecule has 0 aromatic heterocycles. The van der Waals surface area contributed by atoms with Crippen LogP contribution in [-0.2, 0) is 0 Å². The van der Waals surface area contributed by atoms with Gasteiger partial charge < -0.3 is 15.0 Å². The Labute approximate surface area is 125 Å². The summed E-state index contributed by atoms with van der Waals surface area (Å²) in [5.41, 5.74) is 0.132. The number of carbonyl (C=O) groups excluding carboxylic acids is 1. The molecule has 4 nitrogen and oxygen atoms in total. The predicted molar refractivity (Wildman–Crippen MR) is 80.2 cm³/mol. The van der Waals surface area contributed by atoms with Crippen molar-refractivity contribution in [3.63, 3.8) is 0 Å². The molecule has 0 aliphatic carbocycles. The Morgan fingerprint density at radius 3 is 2.95 bits per heavy atom. The zero-order valence-corrected chi connectivity index (χ0v) is 12.7. The fraction of sp³-hybridized carbons (Fsp3) is 0.562. The van der Waals surface area contributed by atoms with Crippen LogP contribution in [0.4, 0.5) is 4.39 Å². The third-order valence-electron chi connectivity index (χ3n) is 4.02. The Kier molecular flexibility index (Phi) is 5.56. The van der Waals surface area contributed by atoms with Crippen molar-refractivity contribution in [2.45, 2.75) is 31.7 Å². The summed E-state index contributed by atoms with van der Waals surface area (Å²) in [6, 6.07) is 4.60. The summed E-state index contributed by atoms with van der Waals surface area (Å²) in [7, 11) is 3.38. The quantitative estimate of drug-likeness (QED) is 0.907. The molecule has 0 saturated carbocycles. The number of rotatable bonds is 5. The van der Waals surface area contributed by atoms with Crippen molar-refractivity contribution in [2.24, 2.45) is 0 Å². The molecule has 1 saturated heterocycles. The third-order valence-corrected chi connectivity index (χ3v) is 4.02. The lowest BCUT2D eigenvalue weighted by Gasteiger charge is -2.36. The molecule has 1 atom stereocenters. The number of carbonyl (C=O) groups is 1. The van der Waals surface area contributed by atoms with Crippen LogP contribution >= 0.6 is 0 Å². The summed E-state index contributed by atoms with van der Waals surface area (Å²) in [6.45, 7) is 1.57. The summed E-state index contributed by atoms with van der Waals surface area (Å²) < 4.78 is 19.1. The van der Waals surface area contributed by atoms with E-state index in [1.807, 2.05) is 11.9 Å². The number of ether oxygens (including phenoxy) is 1. The summed E-state index contributed by atoms with van der Waals surface area (Å²) in [4.78, 5) is 14.4. The molecule has 0 bridgehead atoms. The van der Waals surface area contributed by atoms with Crippen molar-refractivity contribution in [1.29, 1.82) is 0 Å². The number of nitrogens with one attached hydrogen (secondary N) is 1. The number of halogens is 1. The molecule has 5 heteroatoms. The smallest absolute Gasteiger partial charge is 0.257 e. The molecule has 1 aromatic carbocycles. The van der Waals surface area contributed by atoms with Crippen molar-refractivity contribution < 1.29 is 13.9 Å². The molecular weight excluding hydrogens is 271 g/mol. The second kappa shape index (κ2) is 7.41. The van der Waals surface area contributed by atoms with E-state index in [4.69, 9.17) is 4.74 Å². The maximum absolute atomic E-state index is 14.1. The van der Waals surface area contributed by atoms with Gasteiger partial charge in [-0.05, 0) is 51.4 Å². The molecule has 0 spiro atoms. The molecule has 116 valence electrons.